The second-order valence-electron chi connectivity index (χ2n) is 4.38. The number of amides is 1. The van der Waals surface area contributed by atoms with Crippen LogP contribution in [0.2, 0.25) is 0 Å². The molecule has 4 heteroatoms. The molecule has 0 spiro atoms. The molecule has 1 aromatic carbocycles. The summed E-state index contributed by atoms with van der Waals surface area (Å²) in [5, 5.41) is 3.22. The molecule has 17 heavy (non-hydrogen) atoms. The third kappa shape index (κ3) is 3.07. The average molecular weight is 297 g/mol. The van der Waals surface area contributed by atoms with Crippen LogP contribution in [0.15, 0.2) is 28.7 Å². The fraction of sp³-hybridized carbons (Fsp3) is 0.462. The molecule has 0 aliphatic carbocycles. The molecule has 1 amide bonds. The lowest BCUT2D eigenvalue weighted by Crippen LogP contribution is -2.41. The quantitative estimate of drug-likeness (QED) is 0.907. The second-order valence-corrected chi connectivity index (χ2v) is 5.23. The van der Waals surface area contributed by atoms with Gasteiger partial charge in [0.2, 0.25) is 5.91 Å². The number of carbonyl (C=O) groups is 1. The fourth-order valence-electron chi connectivity index (χ4n) is 2.05. The van der Waals surface area contributed by atoms with Gasteiger partial charge >= 0.3 is 0 Å². The summed E-state index contributed by atoms with van der Waals surface area (Å²) >= 11 is 3.52. The molecule has 1 aliphatic rings. The molecular weight excluding hydrogens is 280 g/mol. The highest BCUT2D eigenvalue weighted by molar-refractivity contribution is 9.10. The molecule has 1 aliphatic heterocycles. The summed E-state index contributed by atoms with van der Waals surface area (Å²) in [6.07, 6.45) is 1.01. The maximum atomic E-state index is 12.1. The van der Waals surface area contributed by atoms with E-state index in [0.717, 1.165) is 29.5 Å². The van der Waals surface area contributed by atoms with E-state index in [-0.39, 0.29) is 11.9 Å². The SMILES string of the molecule is CC1NCCCN(Cc2ccccc2Br)C1=O. The zero-order valence-electron chi connectivity index (χ0n) is 9.95. The van der Waals surface area contributed by atoms with Crippen LogP contribution in [-0.4, -0.2) is 29.9 Å². The van der Waals surface area contributed by atoms with Crippen LogP contribution in [-0.2, 0) is 11.3 Å². The molecule has 0 bridgehead atoms. The van der Waals surface area contributed by atoms with Crippen molar-refractivity contribution in [2.75, 3.05) is 13.1 Å². The maximum absolute atomic E-state index is 12.1. The van der Waals surface area contributed by atoms with Crippen LogP contribution in [0.4, 0.5) is 0 Å². The molecule has 0 radical (unpaired) electrons. The van der Waals surface area contributed by atoms with Crippen LogP contribution in [0.5, 0.6) is 0 Å². The molecule has 92 valence electrons. The summed E-state index contributed by atoms with van der Waals surface area (Å²) in [6.45, 7) is 4.36. The van der Waals surface area contributed by atoms with Crippen LogP contribution >= 0.6 is 15.9 Å². The van der Waals surface area contributed by atoms with Crippen molar-refractivity contribution in [1.82, 2.24) is 10.2 Å². The highest BCUT2D eigenvalue weighted by Gasteiger charge is 2.23. The predicted octanol–water partition coefficient (Wildman–Crippen LogP) is 2.16. The van der Waals surface area contributed by atoms with E-state index in [1.807, 2.05) is 30.0 Å². The van der Waals surface area contributed by atoms with Gasteiger partial charge in [-0.3, -0.25) is 4.79 Å². The second kappa shape index (κ2) is 5.65. The van der Waals surface area contributed by atoms with Crippen molar-refractivity contribution in [3.63, 3.8) is 0 Å². The standard InChI is InChI=1S/C13H17BrN2O/c1-10-13(17)16(8-4-7-15-10)9-11-5-2-3-6-12(11)14/h2-3,5-6,10,15H,4,7-9H2,1H3. The Morgan fingerprint density at radius 3 is 3.00 bits per heavy atom. The lowest BCUT2D eigenvalue weighted by Gasteiger charge is -2.23. The predicted molar refractivity (Wildman–Crippen MR) is 71.6 cm³/mol. The van der Waals surface area contributed by atoms with E-state index in [4.69, 9.17) is 0 Å². The van der Waals surface area contributed by atoms with E-state index in [1.165, 1.54) is 0 Å². The Balaban J connectivity index is 2.12. The minimum absolute atomic E-state index is 0.0695. The summed E-state index contributed by atoms with van der Waals surface area (Å²) in [4.78, 5) is 14.0. The molecule has 1 heterocycles. The number of rotatable bonds is 2. The number of nitrogens with zero attached hydrogens (tertiary/aromatic N) is 1. The topological polar surface area (TPSA) is 32.3 Å². The Kier molecular flexibility index (Phi) is 4.18. The van der Waals surface area contributed by atoms with Gasteiger partial charge in [0.1, 0.15) is 0 Å². The maximum Gasteiger partial charge on any atom is 0.239 e. The van der Waals surface area contributed by atoms with Crippen molar-refractivity contribution in [2.24, 2.45) is 0 Å². The summed E-state index contributed by atoms with van der Waals surface area (Å²) < 4.78 is 1.07. The number of nitrogens with one attached hydrogen (secondary N) is 1. The summed E-state index contributed by atoms with van der Waals surface area (Å²) in [7, 11) is 0. The van der Waals surface area contributed by atoms with Crippen molar-refractivity contribution < 1.29 is 4.79 Å². The van der Waals surface area contributed by atoms with Crippen molar-refractivity contribution in [2.45, 2.75) is 25.9 Å². The molecule has 1 saturated heterocycles. The highest BCUT2D eigenvalue weighted by Crippen LogP contribution is 2.18. The summed E-state index contributed by atoms with van der Waals surface area (Å²) in [6, 6.07) is 7.99. The lowest BCUT2D eigenvalue weighted by atomic mass is 10.2. The van der Waals surface area contributed by atoms with E-state index < -0.39 is 0 Å². The number of hydrogen-bond acceptors (Lipinski definition) is 2. The van der Waals surface area contributed by atoms with E-state index in [9.17, 15) is 4.79 Å². The first-order valence-corrected chi connectivity index (χ1v) is 6.73. The fourth-order valence-corrected chi connectivity index (χ4v) is 2.46. The third-order valence-corrected chi connectivity index (χ3v) is 3.83. The highest BCUT2D eigenvalue weighted by atomic mass is 79.9. The first-order chi connectivity index (χ1) is 8.18. The minimum atomic E-state index is -0.0695. The number of hydrogen-bond donors (Lipinski definition) is 1. The Morgan fingerprint density at radius 2 is 2.24 bits per heavy atom. The van der Waals surface area contributed by atoms with Gasteiger partial charge in [0, 0.05) is 17.6 Å². The van der Waals surface area contributed by atoms with E-state index in [0.29, 0.717) is 6.54 Å². The van der Waals surface area contributed by atoms with Crippen LogP contribution < -0.4 is 5.32 Å². The third-order valence-electron chi connectivity index (χ3n) is 3.06. The monoisotopic (exact) mass is 296 g/mol. The van der Waals surface area contributed by atoms with E-state index in [2.05, 4.69) is 27.3 Å². The first kappa shape index (κ1) is 12.6. The molecule has 1 N–H and O–H groups in total. The van der Waals surface area contributed by atoms with Crippen molar-refractivity contribution in [3.8, 4) is 0 Å². The smallest absolute Gasteiger partial charge is 0.239 e. The lowest BCUT2D eigenvalue weighted by molar-refractivity contribution is -0.132. The van der Waals surface area contributed by atoms with Crippen LogP contribution in [0.1, 0.15) is 18.9 Å². The molecule has 1 unspecified atom stereocenters. The molecule has 2 rings (SSSR count). The minimum Gasteiger partial charge on any atom is -0.337 e. The molecule has 3 nitrogen and oxygen atoms in total. The average Bonchev–Trinajstić information content (AvgIpc) is 2.47. The van der Waals surface area contributed by atoms with Gasteiger partial charge in [-0.2, -0.15) is 0 Å². The number of carbonyl (C=O) groups excluding carboxylic acids is 1. The van der Waals surface area contributed by atoms with Gasteiger partial charge in [-0.25, -0.2) is 0 Å². The van der Waals surface area contributed by atoms with Gasteiger partial charge in [-0.05, 0) is 31.5 Å². The van der Waals surface area contributed by atoms with Crippen LogP contribution in [0, 0.1) is 0 Å². The largest absolute Gasteiger partial charge is 0.337 e. The zero-order valence-corrected chi connectivity index (χ0v) is 11.5. The molecule has 1 atom stereocenters. The first-order valence-electron chi connectivity index (χ1n) is 5.94. The van der Waals surface area contributed by atoms with Gasteiger partial charge in [0.15, 0.2) is 0 Å². The van der Waals surface area contributed by atoms with Gasteiger partial charge in [-0.15, -0.1) is 0 Å². The van der Waals surface area contributed by atoms with Crippen molar-refractivity contribution in [3.05, 3.63) is 34.3 Å². The Bertz CT molecular complexity index is 408. The van der Waals surface area contributed by atoms with Gasteiger partial charge < -0.3 is 10.2 Å². The molecule has 1 fully saturated rings. The van der Waals surface area contributed by atoms with E-state index >= 15 is 0 Å². The Hall–Kier alpha value is -0.870. The Labute approximate surface area is 110 Å². The molecule has 1 aromatic rings. The molecular formula is C13H17BrN2O. The normalized spacial score (nSPS) is 21.4. The summed E-state index contributed by atoms with van der Waals surface area (Å²) in [5.41, 5.74) is 1.16. The zero-order chi connectivity index (χ0) is 12.3. The van der Waals surface area contributed by atoms with E-state index in [1.54, 1.807) is 0 Å². The van der Waals surface area contributed by atoms with Crippen molar-refractivity contribution in [1.29, 1.82) is 0 Å². The molecule has 0 saturated carbocycles. The van der Waals surface area contributed by atoms with Gasteiger partial charge in [0.05, 0.1) is 6.04 Å². The molecule has 0 aromatic heterocycles. The van der Waals surface area contributed by atoms with Gasteiger partial charge in [-0.1, -0.05) is 34.1 Å². The number of benzene rings is 1. The van der Waals surface area contributed by atoms with Crippen LogP contribution in [0.3, 0.4) is 0 Å². The Morgan fingerprint density at radius 1 is 1.47 bits per heavy atom. The summed E-state index contributed by atoms with van der Waals surface area (Å²) in [5.74, 6) is 0.193. The van der Waals surface area contributed by atoms with Crippen molar-refractivity contribution >= 4 is 21.8 Å². The number of halogens is 1. The van der Waals surface area contributed by atoms with Gasteiger partial charge in [0.25, 0.3) is 0 Å². The van der Waals surface area contributed by atoms with Crippen LogP contribution in [0.25, 0.3) is 0 Å².